The van der Waals surface area contributed by atoms with Crippen molar-refractivity contribution in [2.75, 3.05) is 66.1 Å². The Morgan fingerprint density at radius 3 is 1.23 bits per heavy atom. The quantitative estimate of drug-likeness (QED) is 0.0262. The molecule has 0 aromatic rings. The lowest BCUT2D eigenvalue weighted by Crippen LogP contribution is -2.71. The van der Waals surface area contributed by atoms with Crippen molar-refractivity contribution < 1.29 is 227 Å². The fourth-order valence-electron chi connectivity index (χ4n) is 14.2. The minimum absolute atomic E-state index is 0.246. The molecule has 8 aliphatic heterocycles. The molecule has 8 aliphatic rings. The molecule has 0 bridgehead atoms. The summed E-state index contributed by atoms with van der Waals surface area (Å²) in [4.78, 5) is 74.7. The van der Waals surface area contributed by atoms with Gasteiger partial charge in [0, 0.05) is 34.1 Å². The van der Waals surface area contributed by atoms with Crippen LogP contribution < -0.4 is 26.6 Å². The van der Waals surface area contributed by atoms with Gasteiger partial charge >= 0.3 is 5.97 Å². The molecular weight excluding hydrogens is 1560 g/mol. The number of aliphatic carboxylic acids is 1. The zero-order chi connectivity index (χ0) is 84.4. The van der Waals surface area contributed by atoms with Gasteiger partial charge in [-0.25, -0.2) is 4.79 Å². The average molecular weight is 1670 g/mol. The Kier molecular flexibility index (Phi) is 34.9. The zero-order valence-electron chi connectivity index (χ0n) is 61.2. The van der Waals surface area contributed by atoms with Gasteiger partial charge in [-0.3, -0.25) is 24.0 Å². The predicted molar refractivity (Wildman–Crippen MR) is 352 cm³/mol. The van der Waals surface area contributed by atoms with E-state index in [2.05, 4.69) is 26.6 Å². The number of nitrogens with one attached hydrogen (secondary N) is 5. The fraction of sp³-hybridized carbons (Fsp3) is 0.905. The van der Waals surface area contributed by atoms with E-state index >= 15 is 0 Å². The number of carbonyl (C=O) groups is 6. The molecule has 51 nitrogen and oxygen atoms in total. The van der Waals surface area contributed by atoms with E-state index in [0.29, 0.717) is 0 Å². The lowest BCUT2D eigenvalue weighted by atomic mass is 9.88. The maximum atomic E-state index is 13.1. The molecule has 0 unspecified atom stereocenters. The van der Waals surface area contributed by atoms with E-state index in [1.165, 1.54) is 0 Å². The molecule has 8 rings (SSSR count). The smallest absolute Gasteiger partial charge is 0.364 e. The second-order valence-corrected chi connectivity index (χ2v) is 28.3. The van der Waals surface area contributed by atoms with Gasteiger partial charge < -0.3 is 225 Å². The maximum Gasteiger partial charge on any atom is 0.364 e. The summed E-state index contributed by atoms with van der Waals surface area (Å²) in [7, 11) is 0. The number of ether oxygens (including phenoxy) is 16. The van der Waals surface area contributed by atoms with Crippen LogP contribution >= 0.6 is 0 Å². The molecule has 8 fully saturated rings. The average Bonchev–Trinajstić information content (AvgIpc) is 0.786. The van der Waals surface area contributed by atoms with E-state index in [0.717, 1.165) is 27.7 Å². The fourth-order valence-corrected chi connectivity index (χ4v) is 14.2. The molecule has 8 saturated heterocycles. The highest BCUT2D eigenvalue weighted by atomic mass is 16.8. The highest BCUT2D eigenvalue weighted by molar-refractivity contribution is 5.77. The first-order chi connectivity index (χ1) is 53.9. The molecule has 0 aromatic carbocycles. The monoisotopic (exact) mass is 1670 g/mol. The molecule has 0 radical (unpaired) electrons. The Labute approximate surface area is 645 Å². The summed E-state index contributed by atoms with van der Waals surface area (Å²) >= 11 is 0. The van der Waals surface area contributed by atoms with Gasteiger partial charge in [0.05, 0.1) is 84.3 Å². The van der Waals surface area contributed by atoms with Gasteiger partial charge in [-0.15, -0.1) is 0 Å². The van der Waals surface area contributed by atoms with Crippen LogP contribution in [-0.2, 0) is 105 Å². The van der Waals surface area contributed by atoms with E-state index < -0.39 is 359 Å². The molecule has 51 heteroatoms. The summed E-state index contributed by atoms with van der Waals surface area (Å²) in [5.74, 6) is -8.76. The Bertz CT molecular complexity index is 3060. The Hall–Kier alpha value is -4.74. The number of carbonyl (C=O) groups excluding carboxylic acids is 5. The normalized spacial score (nSPS) is 44.9. The second kappa shape index (κ2) is 42.0. The van der Waals surface area contributed by atoms with Crippen LogP contribution in [0.5, 0.6) is 0 Å². The lowest BCUT2D eigenvalue weighted by Gasteiger charge is -2.51. The molecule has 8 heterocycles. The number of rotatable bonds is 35. The first-order valence-electron chi connectivity index (χ1n) is 36.0. The Morgan fingerprint density at radius 2 is 0.781 bits per heavy atom. The van der Waals surface area contributed by atoms with Crippen LogP contribution in [0.3, 0.4) is 0 Å². The molecule has 658 valence electrons. The van der Waals surface area contributed by atoms with Crippen LogP contribution in [0.25, 0.3) is 0 Å². The highest BCUT2D eigenvalue weighted by Crippen LogP contribution is 2.40. The van der Waals surface area contributed by atoms with Crippen LogP contribution in [0.1, 0.15) is 34.1 Å². The van der Waals surface area contributed by atoms with Crippen molar-refractivity contribution in [3.05, 3.63) is 0 Å². The van der Waals surface area contributed by atoms with Crippen molar-refractivity contribution >= 4 is 36.0 Å². The third-order valence-corrected chi connectivity index (χ3v) is 20.2. The zero-order valence-corrected chi connectivity index (χ0v) is 61.2. The van der Waals surface area contributed by atoms with Gasteiger partial charge in [-0.1, -0.05) is 0 Å². The molecule has 42 atom stereocenters. The molecule has 0 aromatic heterocycles. The van der Waals surface area contributed by atoms with E-state index in [1.807, 2.05) is 0 Å². The molecule has 0 saturated carbocycles. The van der Waals surface area contributed by atoms with Gasteiger partial charge in [-0.05, 0) is 0 Å². The number of carboxylic acid groups (broad SMARTS) is 1. The third kappa shape index (κ3) is 21.7. The summed E-state index contributed by atoms with van der Waals surface area (Å²) in [5.41, 5.74) is 0. The van der Waals surface area contributed by atoms with Crippen molar-refractivity contribution in [2.24, 2.45) is 0 Å². The number of aliphatic hydroxyl groups is 23. The van der Waals surface area contributed by atoms with Crippen molar-refractivity contribution in [1.29, 1.82) is 0 Å². The maximum absolute atomic E-state index is 13.1. The SMILES string of the molecule is CC(=O)N[C@H]1[C@H](O[C@H]2[C@@H](O)[C@@H](CO[C@@H]3O[C@H](CO)[C@@H](O)[C@H](O)[C@H]3NC(C)=O)O[C@@H](O[C@H]3[C@H](O)[C@@H](NC(C)=O)[C@H](O[C@H]4[C@@H](O)[C@@H](CO)O[C@@H](O[C@H]5[C@H](O)[C@@H](O)[C@H](OC[C@@H](CO)NC=O)O[C@@H]5CO)[C@@H]4O)O[C@@H]3CO)[C@@H]2O)O[C@H](CO)[C@@H](O[C@@H]2O[C@H](CO[C@]3(C(=O)O)C[C@H](O)[C@@H](NC(C)=O)[C@H]([C@H](O)[C@H](O)CO)O3)[C@H](O)[C@H](O)[C@H]2O)[C@@H]1O. The van der Waals surface area contributed by atoms with Crippen LogP contribution in [0, 0.1) is 0 Å². The summed E-state index contributed by atoms with van der Waals surface area (Å²) in [6, 6.07) is -8.40. The van der Waals surface area contributed by atoms with E-state index in [-0.39, 0.29) is 6.41 Å². The van der Waals surface area contributed by atoms with Gasteiger partial charge in [-0.2, -0.15) is 0 Å². The van der Waals surface area contributed by atoms with E-state index in [9.17, 15) is 151 Å². The number of hydrogen-bond acceptors (Lipinski definition) is 45. The van der Waals surface area contributed by atoms with Crippen molar-refractivity contribution in [2.45, 2.75) is 291 Å². The number of carboxylic acids is 1. The lowest BCUT2D eigenvalue weighted by molar-refractivity contribution is -0.389. The Balaban J connectivity index is 1.05. The van der Waals surface area contributed by atoms with Gasteiger partial charge in [0.1, 0.15) is 189 Å². The predicted octanol–water partition coefficient (Wildman–Crippen LogP) is -19.5. The molecule has 114 heavy (non-hydrogen) atoms. The van der Waals surface area contributed by atoms with Gasteiger partial charge in [0.2, 0.25) is 30.0 Å². The largest absolute Gasteiger partial charge is 0.477 e. The Morgan fingerprint density at radius 1 is 0.404 bits per heavy atom. The molecular formula is C63H105N5O46. The number of aliphatic hydroxyl groups excluding tert-OH is 23. The van der Waals surface area contributed by atoms with Gasteiger partial charge in [0.25, 0.3) is 5.79 Å². The first-order valence-corrected chi connectivity index (χ1v) is 36.0. The molecule has 0 aliphatic carbocycles. The minimum Gasteiger partial charge on any atom is -0.477 e. The summed E-state index contributed by atoms with van der Waals surface area (Å²) in [6.07, 6.45) is -76.4. The summed E-state index contributed by atoms with van der Waals surface area (Å²) in [6.45, 7) is -6.26. The van der Waals surface area contributed by atoms with Crippen LogP contribution in [0.2, 0.25) is 0 Å². The van der Waals surface area contributed by atoms with Crippen molar-refractivity contribution in [1.82, 2.24) is 26.6 Å². The standard InChI is InChI=1S/C63H105N5O46/c1-17(77)65-31-22(81)5-63(62(97)98,114-52(31)35(83)23(82)7-70)101-15-30-37(85)43(91)45(93)59(108-30)109-49-26(10-73)104-57(33(41(49)89)67-19(3)79)113-54-39(87)29(14-100-55-32(66-18(2)78)40(88)36(84)24(8-71)102-55)107-61(48(54)96)110-50-27(11-74)105-56(34(42(50)90)68-20(4)80)112-53-38(86)25(9-72)103-60(47(53)95)111-51-28(12-75)106-58(46(94)44(51)92)99-13-21(6-69)64-16-76/h16,21-61,69-75,81-96H,5-15H2,1-4H3,(H,64,76)(H,65,77)(H,66,78)(H,67,79)(H,68,80)(H,97,98)/t21-,22+,23-,24-,25-,26-,27-,28-,29-,30-,31-,32-,33-,34-,35-,36-,37+,38+,39+,40-,41-,42-,43+,44-,45-,46-,47-,48-,49-,50-,51-,52-,53+,54+,55-,56+,57+,58-,59+,60+,61+,63-/m1/s1. The third-order valence-electron chi connectivity index (χ3n) is 20.2. The minimum atomic E-state index is -3.07. The van der Waals surface area contributed by atoms with Crippen LogP contribution in [0.4, 0.5) is 0 Å². The van der Waals surface area contributed by atoms with Crippen molar-refractivity contribution in [3.63, 3.8) is 0 Å². The number of hydrogen-bond donors (Lipinski definition) is 29. The van der Waals surface area contributed by atoms with Crippen molar-refractivity contribution in [3.8, 4) is 0 Å². The second-order valence-electron chi connectivity index (χ2n) is 28.3. The summed E-state index contributed by atoms with van der Waals surface area (Å²) in [5, 5.41) is 277. The molecule has 29 N–H and O–H groups in total. The summed E-state index contributed by atoms with van der Waals surface area (Å²) < 4.78 is 93.5. The van der Waals surface area contributed by atoms with E-state index in [1.54, 1.807) is 0 Å². The first kappa shape index (κ1) is 94.7. The van der Waals surface area contributed by atoms with Crippen LogP contribution in [-0.4, -0.2) is 482 Å². The topological polar surface area (TPSA) is 796 Å². The molecule has 0 spiro atoms. The van der Waals surface area contributed by atoms with Gasteiger partial charge in [0.15, 0.2) is 44.0 Å². The van der Waals surface area contributed by atoms with E-state index in [4.69, 9.17) is 75.8 Å². The number of amides is 5. The highest BCUT2D eigenvalue weighted by Gasteiger charge is 2.61. The molecule has 5 amide bonds. The van der Waals surface area contributed by atoms with Crippen LogP contribution in [0.15, 0.2) is 0 Å².